The molecule has 19 heavy (non-hydrogen) atoms. The van der Waals surface area contributed by atoms with Crippen molar-refractivity contribution in [2.24, 2.45) is 0 Å². The van der Waals surface area contributed by atoms with E-state index in [1.807, 2.05) is 26.0 Å². The molecule has 102 valence electrons. The molecule has 0 saturated carbocycles. The van der Waals surface area contributed by atoms with Crippen LogP contribution in [0.1, 0.15) is 25.0 Å². The summed E-state index contributed by atoms with van der Waals surface area (Å²) in [7, 11) is 0. The van der Waals surface area contributed by atoms with E-state index >= 15 is 0 Å². The van der Waals surface area contributed by atoms with Crippen molar-refractivity contribution in [3.63, 3.8) is 0 Å². The van der Waals surface area contributed by atoms with E-state index in [-0.39, 0.29) is 0 Å². The summed E-state index contributed by atoms with van der Waals surface area (Å²) in [4.78, 5) is 34.1. The Balaban J connectivity index is 2.87. The fourth-order valence-corrected chi connectivity index (χ4v) is 1.64. The molecular formula is C14H17NO4. The molecular weight excluding hydrogens is 246 g/mol. The Bertz CT molecular complexity index is 522. The van der Waals surface area contributed by atoms with Gasteiger partial charge in [-0.3, -0.25) is 14.4 Å². The molecule has 1 rings (SSSR count). The summed E-state index contributed by atoms with van der Waals surface area (Å²) in [6.07, 6.45) is -1.40. The minimum atomic E-state index is -1.40. The summed E-state index contributed by atoms with van der Waals surface area (Å²) in [6, 6.07) is 5.50. The molecule has 0 fully saturated rings. The van der Waals surface area contributed by atoms with Crippen LogP contribution < -0.4 is 5.32 Å². The maximum absolute atomic E-state index is 11.9. The monoisotopic (exact) mass is 263 g/mol. The number of ketones is 1. The van der Waals surface area contributed by atoms with Crippen molar-refractivity contribution in [1.29, 1.82) is 0 Å². The molecule has 1 unspecified atom stereocenters. The lowest BCUT2D eigenvalue weighted by Gasteiger charge is -2.15. The standard InChI is InChI=1S/C14H17NO4/c1-8-5-6-12(9(2)7-8)15-14(18)13(10(3)16)19-11(4)17/h5-7,13H,1-4H3,(H,15,18). The molecule has 5 heteroatoms. The minimum absolute atomic E-state index is 0.516. The molecule has 0 heterocycles. The van der Waals surface area contributed by atoms with Gasteiger partial charge in [0.05, 0.1) is 0 Å². The fraction of sp³-hybridized carbons (Fsp3) is 0.357. The third-order valence-electron chi connectivity index (χ3n) is 2.53. The number of benzene rings is 1. The van der Waals surface area contributed by atoms with E-state index in [0.717, 1.165) is 18.1 Å². The average Bonchev–Trinajstić information content (AvgIpc) is 2.29. The van der Waals surface area contributed by atoms with Gasteiger partial charge >= 0.3 is 5.97 Å². The van der Waals surface area contributed by atoms with Crippen LogP contribution in [0, 0.1) is 13.8 Å². The molecule has 1 aromatic rings. The van der Waals surface area contributed by atoms with Crippen LogP contribution in [0.4, 0.5) is 5.69 Å². The zero-order valence-corrected chi connectivity index (χ0v) is 11.4. The highest BCUT2D eigenvalue weighted by Gasteiger charge is 2.26. The van der Waals surface area contributed by atoms with E-state index in [1.54, 1.807) is 6.07 Å². The van der Waals surface area contributed by atoms with Crippen molar-refractivity contribution in [3.05, 3.63) is 29.3 Å². The molecule has 0 radical (unpaired) electrons. The third-order valence-corrected chi connectivity index (χ3v) is 2.53. The number of anilines is 1. The number of amides is 1. The van der Waals surface area contributed by atoms with Crippen LogP contribution >= 0.6 is 0 Å². The van der Waals surface area contributed by atoms with Crippen LogP contribution in [-0.4, -0.2) is 23.8 Å². The lowest BCUT2D eigenvalue weighted by Crippen LogP contribution is -2.37. The van der Waals surface area contributed by atoms with Crippen molar-refractivity contribution in [3.8, 4) is 0 Å². The highest BCUT2D eigenvalue weighted by Crippen LogP contribution is 2.16. The minimum Gasteiger partial charge on any atom is -0.444 e. The van der Waals surface area contributed by atoms with Crippen molar-refractivity contribution < 1.29 is 19.1 Å². The van der Waals surface area contributed by atoms with E-state index in [9.17, 15) is 14.4 Å². The number of esters is 1. The predicted molar refractivity (Wildman–Crippen MR) is 70.8 cm³/mol. The van der Waals surface area contributed by atoms with Crippen molar-refractivity contribution in [2.75, 3.05) is 5.32 Å². The van der Waals surface area contributed by atoms with Gasteiger partial charge in [-0.05, 0) is 32.4 Å². The van der Waals surface area contributed by atoms with Crippen LogP contribution in [-0.2, 0) is 19.1 Å². The number of ether oxygens (including phenoxy) is 1. The van der Waals surface area contributed by atoms with Crippen LogP contribution in [0.3, 0.4) is 0 Å². The van der Waals surface area contributed by atoms with Gasteiger partial charge in [0, 0.05) is 12.6 Å². The van der Waals surface area contributed by atoms with E-state index in [1.165, 1.54) is 6.92 Å². The van der Waals surface area contributed by atoms with Crippen LogP contribution in [0.15, 0.2) is 18.2 Å². The van der Waals surface area contributed by atoms with Crippen molar-refractivity contribution >= 4 is 23.3 Å². The number of rotatable bonds is 4. The Morgan fingerprint density at radius 2 is 1.79 bits per heavy atom. The van der Waals surface area contributed by atoms with Gasteiger partial charge < -0.3 is 10.1 Å². The molecule has 5 nitrogen and oxygen atoms in total. The second-order valence-corrected chi connectivity index (χ2v) is 4.41. The molecule has 0 aromatic heterocycles. The Kier molecular flexibility index (Phi) is 4.80. The second-order valence-electron chi connectivity index (χ2n) is 4.41. The zero-order chi connectivity index (χ0) is 14.6. The van der Waals surface area contributed by atoms with Crippen LogP contribution in [0.2, 0.25) is 0 Å². The van der Waals surface area contributed by atoms with Crippen molar-refractivity contribution in [2.45, 2.75) is 33.8 Å². The summed E-state index contributed by atoms with van der Waals surface area (Å²) >= 11 is 0. The quantitative estimate of drug-likeness (QED) is 0.663. The van der Waals surface area contributed by atoms with E-state index in [2.05, 4.69) is 5.32 Å². The zero-order valence-electron chi connectivity index (χ0n) is 11.4. The molecule has 0 aliphatic carbocycles. The Morgan fingerprint density at radius 3 is 2.26 bits per heavy atom. The number of aryl methyl sites for hydroxylation is 2. The highest BCUT2D eigenvalue weighted by molar-refractivity contribution is 6.10. The largest absolute Gasteiger partial charge is 0.444 e. The Morgan fingerprint density at radius 1 is 1.16 bits per heavy atom. The number of nitrogens with one attached hydrogen (secondary N) is 1. The van der Waals surface area contributed by atoms with Gasteiger partial charge in [0.2, 0.25) is 6.10 Å². The molecule has 0 bridgehead atoms. The molecule has 1 amide bonds. The lowest BCUT2D eigenvalue weighted by molar-refractivity contribution is -0.157. The van der Waals surface area contributed by atoms with Gasteiger partial charge in [0.15, 0.2) is 5.78 Å². The third kappa shape index (κ3) is 4.21. The van der Waals surface area contributed by atoms with Crippen LogP contribution in [0.5, 0.6) is 0 Å². The maximum Gasteiger partial charge on any atom is 0.303 e. The maximum atomic E-state index is 11.9. The number of carbonyl (C=O) groups excluding carboxylic acids is 3. The highest BCUT2D eigenvalue weighted by atomic mass is 16.5. The molecule has 1 aromatic carbocycles. The number of hydrogen-bond acceptors (Lipinski definition) is 4. The summed E-state index contributed by atoms with van der Waals surface area (Å²) in [5.41, 5.74) is 2.53. The van der Waals surface area contributed by atoms with Gasteiger partial charge in [-0.15, -0.1) is 0 Å². The van der Waals surface area contributed by atoms with E-state index in [0.29, 0.717) is 5.69 Å². The predicted octanol–water partition coefficient (Wildman–Crippen LogP) is 1.76. The molecule has 0 spiro atoms. The second kappa shape index (κ2) is 6.13. The summed E-state index contributed by atoms with van der Waals surface area (Å²) in [5, 5.41) is 2.59. The first-order valence-electron chi connectivity index (χ1n) is 5.87. The van der Waals surface area contributed by atoms with Gasteiger partial charge in [0.25, 0.3) is 5.91 Å². The lowest BCUT2D eigenvalue weighted by atomic mass is 10.1. The molecule has 1 atom stereocenters. The number of carbonyl (C=O) groups is 3. The smallest absolute Gasteiger partial charge is 0.303 e. The first-order chi connectivity index (χ1) is 8.81. The summed E-state index contributed by atoms with van der Waals surface area (Å²) in [5.74, 6) is -1.83. The van der Waals surface area contributed by atoms with Crippen LogP contribution in [0.25, 0.3) is 0 Å². The van der Waals surface area contributed by atoms with E-state index in [4.69, 9.17) is 4.74 Å². The first-order valence-corrected chi connectivity index (χ1v) is 5.87. The SMILES string of the molecule is CC(=O)OC(C(C)=O)C(=O)Nc1ccc(C)cc1C. The first kappa shape index (κ1) is 14.9. The Labute approximate surface area is 111 Å². The van der Waals surface area contributed by atoms with E-state index < -0.39 is 23.8 Å². The summed E-state index contributed by atoms with van der Waals surface area (Å²) in [6.45, 7) is 6.14. The summed E-state index contributed by atoms with van der Waals surface area (Å²) < 4.78 is 4.71. The molecule has 0 aliphatic heterocycles. The fourth-order valence-electron chi connectivity index (χ4n) is 1.64. The van der Waals surface area contributed by atoms with Gasteiger partial charge in [-0.2, -0.15) is 0 Å². The van der Waals surface area contributed by atoms with Gasteiger partial charge in [0.1, 0.15) is 0 Å². The van der Waals surface area contributed by atoms with Gasteiger partial charge in [-0.1, -0.05) is 17.7 Å². The van der Waals surface area contributed by atoms with Crippen molar-refractivity contribution in [1.82, 2.24) is 0 Å². The topological polar surface area (TPSA) is 72.5 Å². The number of Topliss-reactive ketones (excluding diaryl/α,β-unsaturated/α-hetero) is 1. The van der Waals surface area contributed by atoms with Gasteiger partial charge in [-0.25, -0.2) is 0 Å². The molecule has 0 aliphatic rings. The molecule has 0 saturated heterocycles. The average molecular weight is 263 g/mol. The number of hydrogen-bond donors (Lipinski definition) is 1. The normalized spacial score (nSPS) is 11.6. The molecule has 1 N–H and O–H groups in total. The Hall–Kier alpha value is -2.17.